The van der Waals surface area contributed by atoms with Gasteiger partial charge in [-0.25, -0.2) is 9.97 Å². The van der Waals surface area contributed by atoms with Crippen molar-refractivity contribution in [3.05, 3.63) is 88.1 Å². The lowest BCUT2D eigenvalue weighted by atomic mass is 10.2. The van der Waals surface area contributed by atoms with Gasteiger partial charge < -0.3 is 5.11 Å². The average Bonchev–Trinajstić information content (AvgIpc) is 3.41. The van der Waals surface area contributed by atoms with E-state index in [2.05, 4.69) is 9.97 Å². The second kappa shape index (κ2) is 7.80. The van der Waals surface area contributed by atoms with Crippen LogP contribution in [0.5, 0.6) is 0 Å². The Kier molecular flexibility index (Phi) is 4.82. The Labute approximate surface area is 184 Å². The Hall–Kier alpha value is -3.80. The number of thiazole rings is 1. The van der Waals surface area contributed by atoms with Gasteiger partial charge in [0.2, 0.25) is 0 Å². The lowest BCUT2D eigenvalue weighted by Crippen LogP contribution is -2.21. The van der Waals surface area contributed by atoms with Crippen molar-refractivity contribution in [2.75, 3.05) is 0 Å². The highest BCUT2D eigenvalue weighted by Crippen LogP contribution is 2.31. The maximum Gasteiger partial charge on any atom is 0.262 e. The van der Waals surface area contributed by atoms with Crippen molar-refractivity contribution in [3.63, 3.8) is 0 Å². The van der Waals surface area contributed by atoms with E-state index in [1.807, 2.05) is 66.7 Å². The average molecular weight is 443 g/mol. The molecule has 31 heavy (non-hydrogen) atoms. The fourth-order valence-electron chi connectivity index (χ4n) is 3.27. The van der Waals surface area contributed by atoms with Gasteiger partial charge in [0.25, 0.3) is 5.56 Å². The molecule has 2 aromatic carbocycles. The Balaban J connectivity index is 1.53. The number of para-hydroxylation sites is 1. The van der Waals surface area contributed by atoms with Crippen molar-refractivity contribution in [1.29, 1.82) is 5.26 Å². The molecule has 0 amide bonds. The molecule has 3 heterocycles. The topological polar surface area (TPSA) is 91.8 Å². The molecular formula is C23H14N4O2S2. The van der Waals surface area contributed by atoms with Crippen molar-refractivity contribution in [2.45, 2.75) is 6.54 Å². The Morgan fingerprint density at radius 2 is 1.87 bits per heavy atom. The number of nitriles is 1. The third-order valence-corrected chi connectivity index (χ3v) is 6.95. The summed E-state index contributed by atoms with van der Waals surface area (Å²) >= 11 is 2.77. The zero-order valence-electron chi connectivity index (χ0n) is 16.0. The van der Waals surface area contributed by atoms with Crippen molar-refractivity contribution >= 4 is 48.7 Å². The Bertz CT molecular complexity index is 1520. The quantitative estimate of drug-likeness (QED) is 0.304. The summed E-state index contributed by atoms with van der Waals surface area (Å²) in [6.07, 6.45) is 1.40. The van der Waals surface area contributed by atoms with E-state index in [1.165, 1.54) is 33.6 Å². The van der Waals surface area contributed by atoms with E-state index in [9.17, 15) is 15.2 Å². The molecule has 0 spiro atoms. The molecule has 0 fully saturated rings. The standard InChI is InChI=1S/C23H14N4O2S2/c24-11-16(22-26-17-8-4-5-9-19(17)30-22)18(28)12-27-13-25-21-15(23(27)29)10-20(31-21)14-6-2-1-3-7-14/h1-10,13,28H,12H2/b18-16-. The largest absolute Gasteiger partial charge is 0.509 e. The van der Waals surface area contributed by atoms with Crippen LogP contribution in [0.4, 0.5) is 0 Å². The number of nitrogens with zero attached hydrogens (tertiary/aromatic N) is 4. The highest BCUT2D eigenvalue weighted by Gasteiger charge is 2.16. The lowest BCUT2D eigenvalue weighted by Gasteiger charge is -2.05. The number of benzene rings is 2. The number of allylic oxidation sites excluding steroid dienone is 2. The summed E-state index contributed by atoms with van der Waals surface area (Å²) in [5.74, 6) is -0.219. The fraction of sp³-hybridized carbons (Fsp3) is 0.0435. The third-order valence-electron chi connectivity index (χ3n) is 4.80. The van der Waals surface area contributed by atoms with E-state index in [1.54, 1.807) is 0 Å². The van der Waals surface area contributed by atoms with Crippen molar-refractivity contribution in [2.24, 2.45) is 0 Å². The van der Waals surface area contributed by atoms with Crippen LogP contribution in [-0.4, -0.2) is 19.6 Å². The molecule has 8 heteroatoms. The predicted octanol–water partition coefficient (Wildman–Crippen LogP) is 5.23. The van der Waals surface area contributed by atoms with E-state index in [0.717, 1.165) is 20.7 Å². The van der Waals surface area contributed by atoms with Gasteiger partial charge in [0, 0.05) is 4.88 Å². The highest BCUT2D eigenvalue weighted by atomic mass is 32.1. The van der Waals surface area contributed by atoms with Gasteiger partial charge in [0.15, 0.2) is 0 Å². The van der Waals surface area contributed by atoms with E-state index >= 15 is 0 Å². The van der Waals surface area contributed by atoms with Crippen molar-refractivity contribution in [3.8, 4) is 16.5 Å². The van der Waals surface area contributed by atoms with Gasteiger partial charge in [-0.15, -0.1) is 22.7 Å². The SMILES string of the molecule is N#C/C(=C(/O)Cn1cnc2sc(-c3ccccc3)cc2c1=O)c1nc2ccccc2s1. The smallest absolute Gasteiger partial charge is 0.262 e. The minimum atomic E-state index is -0.267. The van der Waals surface area contributed by atoms with Crippen LogP contribution >= 0.6 is 22.7 Å². The van der Waals surface area contributed by atoms with E-state index in [-0.39, 0.29) is 23.4 Å². The molecule has 5 rings (SSSR count). The summed E-state index contributed by atoms with van der Waals surface area (Å²) in [7, 11) is 0. The molecule has 0 saturated heterocycles. The zero-order valence-corrected chi connectivity index (χ0v) is 17.7. The summed E-state index contributed by atoms with van der Waals surface area (Å²) in [4.78, 5) is 23.4. The predicted molar refractivity (Wildman–Crippen MR) is 124 cm³/mol. The molecule has 0 unspecified atom stereocenters. The molecule has 0 radical (unpaired) electrons. The summed E-state index contributed by atoms with van der Waals surface area (Å²) < 4.78 is 2.23. The number of rotatable bonds is 4. The van der Waals surface area contributed by atoms with Crippen LogP contribution in [0.3, 0.4) is 0 Å². The van der Waals surface area contributed by atoms with Crippen molar-refractivity contribution < 1.29 is 5.11 Å². The minimum absolute atomic E-state index is 0.0588. The van der Waals surface area contributed by atoms with E-state index in [0.29, 0.717) is 15.2 Å². The summed E-state index contributed by atoms with van der Waals surface area (Å²) in [6.45, 7) is -0.156. The first-order chi connectivity index (χ1) is 15.1. The zero-order chi connectivity index (χ0) is 21.4. The molecule has 0 saturated carbocycles. The number of aromatic nitrogens is 3. The highest BCUT2D eigenvalue weighted by molar-refractivity contribution is 7.21. The van der Waals surface area contributed by atoms with Crippen LogP contribution in [0.15, 0.2) is 77.5 Å². The molecule has 5 aromatic rings. The lowest BCUT2D eigenvalue weighted by molar-refractivity contribution is 0.376. The van der Waals surface area contributed by atoms with Crippen LogP contribution in [0.25, 0.3) is 36.4 Å². The molecule has 6 nitrogen and oxygen atoms in total. The van der Waals surface area contributed by atoms with Gasteiger partial charge >= 0.3 is 0 Å². The molecule has 1 N–H and O–H groups in total. The van der Waals surface area contributed by atoms with Gasteiger partial charge in [0.1, 0.15) is 27.2 Å². The number of thiophene rings is 1. The maximum absolute atomic E-state index is 13.0. The summed E-state index contributed by atoms with van der Waals surface area (Å²) in [5, 5.41) is 21.2. The van der Waals surface area contributed by atoms with Gasteiger partial charge in [-0.05, 0) is 23.8 Å². The van der Waals surface area contributed by atoms with Crippen LogP contribution < -0.4 is 5.56 Å². The fourth-order valence-corrected chi connectivity index (χ4v) is 5.25. The van der Waals surface area contributed by atoms with Gasteiger partial charge in [-0.3, -0.25) is 9.36 Å². The maximum atomic E-state index is 13.0. The Morgan fingerprint density at radius 1 is 1.10 bits per heavy atom. The second-order valence-corrected chi connectivity index (χ2v) is 8.85. The molecule has 0 aliphatic rings. The van der Waals surface area contributed by atoms with Crippen LogP contribution in [0.2, 0.25) is 0 Å². The summed E-state index contributed by atoms with van der Waals surface area (Å²) in [6, 6.07) is 21.2. The molecule has 3 aromatic heterocycles. The van der Waals surface area contributed by atoms with Gasteiger partial charge in [-0.1, -0.05) is 42.5 Å². The normalized spacial score (nSPS) is 12.1. The molecule has 150 valence electrons. The first-order valence-corrected chi connectivity index (χ1v) is 11.0. The number of fused-ring (bicyclic) bond motifs is 2. The Morgan fingerprint density at radius 3 is 2.65 bits per heavy atom. The van der Waals surface area contributed by atoms with Crippen LogP contribution in [-0.2, 0) is 6.54 Å². The van der Waals surface area contributed by atoms with Gasteiger partial charge in [0.05, 0.1) is 28.5 Å². The molecule has 0 bridgehead atoms. The third kappa shape index (κ3) is 3.50. The first kappa shape index (κ1) is 19.2. The number of hydrogen-bond acceptors (Lipinski definition) is 7. The number of hydrogen-bond donors (Lipinski definition) is 1. The van der Waals surface area contributed by atoms with Crippen molar-refractivity contribution in [1.82, 2.24) is 14.5 Å². The van der Waals surface area contributed by atoms with Gasteiger partial charge in [-0.2, -0.15) is 5.26 Å². The second-order valence-electron chi connectivity index (χ2n) is 6.79. The van der Waals surface area contributed by atoms with E-state index in [4.69, 9.17) is 0 Å². The molecule has 0 aliphatic carbocycles. The minimum Gasteiger partial charge on any atom is -0.509 e. The molecule has 0 atom stereocenters. The van der Waals surface area contributed by atoms with E-state index < -0.39 is 0 Å². The van der Waals surface area contributed by atoms with Crippen LogP contribution in [0.1, 0.15) is 5.01 Å². The van der Waals surface area contributed by atoms with Crippen LogP contribution in [0, 0.1) is 11.3 Å². The number of aliphatic hydroxyl groups excluding tert-OH is 1. The molecular weight excluding hydrogens is 428 g/mol. The summed E-state index contributed by atoms with van der Waals surface area (Å²) in [5.41, 5.74) is 1.57. The first-order valence-electron chi connectivity index (χ1n) is 9.36. The number of aliphatic hydroxyl groups is 1. The monoisotopic (exact) mass is 442 g/mol. The molecule has 0 aliphatic heterocycles.